The van der Waals surface area contributed by atoms with E-state index in [0.29, 0.717) is 42.7 Å². The number of carbonyl (C=O) groups is 2. The van der Waals surface area contributed by atoms with E-state index in [-0.39, 0.29) is 12.5 Å². The van der Waals surface area contributed by atoms with Crippen LogP contribution in [0.25, 0.3) is 17.0 Å². The number of hydrogen-bond donors (Lipinski definition) is 1. The molecule has 9 nitrogen and oxygen atoms in total. The van der Waals surface area contributed by atoms with Crippen molar-refractivity contribution in [3.8, 4) is 17.2 Å². The lowest BCUT2D eigenvalue weighted by Crippen LogP contribution is -2.33. The van der Waals surface area contributed by atoms with Crippen LogP contribution in [0.1, 0.15) is 5.56 Å². The summed E-state index contributed by atoms with van der Waals surface area (Å²) in [4.78, 5) is 30.7. The molecule has 1 saturated heterocycles. The van der Waals surface area contributed by atoms with E-state index in [9.17, 15) is 9.59 Å². The van der Waals surface area contributed by atoms with Crippen molar-refractivity contribution in [3.63, 3.8) is 0 Å². The van der Waals surface area contributed by atoms with Crippen LogP contribution in [0.5, 0.6) is 17.2 Å². The zero-order valence-electron chi connectivity index (χ0n) is 18.5. The average Bonchev–Trinajstić information content (AvgIpc) is 3.25. The Hall–Kier alpha value is -4.27. The van der Waals surface area contributed by atoms with Crippen molar-refractivity contribution in [2.75, 3.05) is 38.3 Å². The predicted molar refractivity (Wildman–Crippen MR) is 125 cm³/mol. The summed E-state index contributed by atoms with van der Waals surface area (Å²) >= 11 is 0. The highest BCUT2D eigenvalue weighted by Crippen LogP contribution is 2.35. The lowest BCUT2D eigenvalue weighted by molar-refractivity contribution is -0.116. The van der Waals surface area contributed by atoms with E-state index in [2.05, 4.69) is 10.3 Å². The van der Waals surface area contributed by atoms with E-state index in [1.807, 2.05) is 24.3 Å². The summed E-state index contributed by atoms with van der Waals surface area (Å²) in [5, 5.41) is 3.67. The molecule has 0 unspecified atom stereocenters. The van der Waals surface area contributed by atoms with Crippen molar-refractivity contribution in [1.82, 2.24) is 10.3 Å². The largest absolute Gasteiger partial charge is 0.495 e. The summed E-state index contributed by atoms with van der Waals surface area (Å²) in [6, 6.07) is 12.9. The highest BCUT2D eigenvalue weighted by atomic mass is 16.6. The van der Waals surface area contributed by atoms with Gasteiger partial charge in [-0.05, 0) is 35.9 Å². The maximum Gasteiger partial charge on any atom is 0.414 e. The van der Waals surface area contributed by atoms with Crippen LogP contribution in [0.15, 0.2) is 54.7 Å². The van der Waals surface area contributed by atoms with E-state index in [0.717, 1.165) is 16.5 Å². The normalized spacial score (nSPS) is 17.1. The van der Waals surface area contributed by atoms with Gasteiger partial charge in [-0.1, -0.05) is 12.1 Å². The van der Waals surface area contributed by atoms with Gasteiger partial charge in [0, 0.05) is 17.5 Å². The van der Waals surface area contributed by atoms with Gasteiger partial charge >= 0.3 is 6.09 Å². The Morgan fingerprint density at radius 1 is 1.21 bits per heavy atom. The first-order valence-corrected chi connectivity index (χ1v) is 10.9. The molecule has 0 spiro atoms. The SMILES string of the molecule is COc1cnc2cccc(C=CC(=O)NC[C@@H]3CN(c4ccc5c(c4)OCCO5)C(=O)O3)c2c1. The molecular weight excluding hydrogens is 438 g/mol. The first kappa shape index (κ1) is 21.6. The van der Waals surface area contributed by atoms with Crippen molar-refractivity contribution >= 4 is 34.7 Å². The Labute approximate surface area is 195 Å². The number of aromatic nitrogens is 1. The number of pyridine rings is 1. The van der Waals surface area contributed by atoms with Crippen molar-refractivity contribution in [1.29, 1.82) is 0 Å². The lowest BCUT2D eigenvalue weighted by atomic mass is 10.1. The van der Waals surface area contributed by atoms with Crippen LogP contribution in [0.2, 0.25) is 0 Å². The molecule has 5 rings (SSSR count). The second-order valence-electron chi connectivity index (χ2n) is 7.81. The molecule has 2 amide bonds. The van der Waals surface area contributed by atoms with Gasteiger partial charge in [0.15, 0.2) is 11.5 Å². The van der Waals surface area contributed by atoms with Gasteiger partial charge in [-0.25, -0.2) is 4.79 Å². The fraction of sp³-hybridized carbons (Fsp3) is 0.240. The van der Waals surface area contributed by atoms with Gasteiger partial charge in [0.25, 0.3) is 0 Å². The third-order valence-corrected chi connectivity index (χ3v) is 5.60. The number of carbonyl (C=O) groups excluding carboxylic acids is 2. The van der Waals surface area contributed by atoms with Crippen molar-refractivity contribution in [2.45, 2.75) is 6.10 Å². The Morgan fingerprint density at radius 3 is 2.91 bits per heavy atom. The molecule has 0 radical (unpaired) electrons. The molecule has 9 heteroatoms. The Balaban J connectivity index is 1.20. The van der Waals surface area contributed by atoms with Crippen LogP contribution in [-0.4, -0.2) is 56.5 Å². The van der Waals surface area contributed by atoms with Gasteiger partial charge < -0.3 is 24.3 Å². The zero-order chi connectivity index (χ0) is 23.5. The molecule has 2 aromatic carbocycles. The number of benzene rings is 2. The Bertz CT molecular complexity index is 1270. The van der Waals surface area contributed by atoms with Gasteiger partial charge in [0.1, 0.15) is 25.1 Å². The molecule has 174 valence electrons. The molecule has 0 saturated carbocycles. The van der Waals surface area contributed by atoms with Gasteiger partial charge in [0.05, 0.1) is 37.6 Å². The monoisotopic (exact) mass is 461 g/mol. The van der Waals surface area contributed by atoms with Crippen molar-refractivity contribution in [2.24, 2.45) is 0 Å². The fourth-order valence-electron chi connectivity index (χ4n) is 3.89. The van der Waals surface area contributed by atoms with Crippen LogP contribution in [0.3, 0.4) is 0 Å². The van der Waals surface area contributed by atoms with Crippen LogP contribution in [-0.2, 0) is 9.53 Å². The summed E-state index contributed by atoms with van der Waals surface area (Å²) in [5.74, 6) is 1.60. The summed E-state index contributed by atoms with van der Waals surface area (Å²) in [6.45, 7) is 1.48. The minimum absolute atomic E-state index is 0.195. The van der Waals surface area contributed by atoms with Crippen molar-refractivity contribution < 1.29 is 28.5 Å². The fourth-order valence-corrected chi connectivity index (χ4v) is 3.89. The number of hydrogen-bond acceptors (Lipinski definition) is 7. The quantitative estimate of drug-likeness (QED) is 0.563. The second-order valence-corrected chi connectivity index (χ2v) is 7.81. The number of anilines is 1. The number of cyclic esters (lactones) is 1. The zero-order valence-corrected chi connectivity index (χ0v) is 18.5. The number of rotatable bonds is 6. The summed E-state index contributed by atoms with van der Waals surface area (Å²) in [7, 11) is 1.58. The first-order chi connectivity index (χ1) is 16.6. The molecule has 34 heavy (non-hydrogen) atoms. The third kappa shape index (κ3) is 4.45. The Kier molecular flexibility index (Phi) is 5.90. The maximum absolute atomic E-state index is 12.4. The molecule has 0 aliphatic carbocycles. The first-order valence-electron chi connectivity index (χ1n) is 10.9. The molecule has 2 aliphatic rings. The average molecular weight is 461 g/mol. The topological polar surface area (TPSA) is 99.2 Å². The third-order valence-electron chi connectivity index (χ3n) is 5.60. The number of ether oxygens (including phenoxy) is 4. The van der Waals surface area contributed by atoms with Gasteiger partial charge in [-0.15, -0.1) is 0 Å². The molecule has 2 aliphatic heterocycles. The molecule has 3 aromatic rings. The standard InChI is InChI=1S/C25H23N3O6/c1-31-18-12-20-16(3-2-4-21(20)26-13-18)5-8-24(29)27-14-19-15-28(25(30)34-19)17-6-7-22-23(11-17)33-10-9-32-22/h2-8,11-13,19H,9-10,14-15H2,1H3,(H,27,29)/t19-/m1/s1. The van der Waals surface area contributed by atoms with Crippen LogP contribution in [0, 0.1) is 0 Å². The van der Waals surface area contributed by atoms with Crippen LogP contribution < -0.4 is 24.4 Å². The van der Waals surface area contributed by atoms with E-state index >= 15 is 0 Å². The maximum atomic E-state index is 12.4. The minimum atomic E-state index is -0.469. The summed E-state index contributed by atoms with van der Waals surface area (Å²) in [6.07, 6.45) is 3.89. The molecule has 1 N–H and O–H groups in total. The van der Waals surface area contributed by atoms with Gasteiger partial charge in [-0.3, -0.25) is 14.7 Å². The van der Waals surface area contributed by atoms with E-state index < -0.39 is 12.2 Å². The Morgan fingerprint density at radius 2 is 2.06 bits per heavy atom. The smallest absolute Gasteiger partial charge is 0.414 e. The van der Waals surface area contributed by atoms with Gasteiger partial charge in [0.2, 0.25) is 5.91 Å². The van der Waals surface area contributed by atoms with E-state index in [4.69, 9.17) is 18.9 Å². The number of fused-ring (bicyclic) bond motifs is 2. The number of methoxy groups -OCH3 is 1. The highest BCUT2D eigenvalue weighted by molar-refractivity contribution is 5.96. The molecule has 1 fully saturated rings. The summed E-state index contributed by atoms with van der Waals surface area (Å²) < 4.78 is 21.8. The molecular formula is C25H23N3O6. The molecule has 1 atom stereocenters. The molecule has 1 aromatic heterocycles. The lowest BCUT2D eigenvalue weighted by Gasteiger charge is -2.21. The van der Waals surface area contributed by atoms with E-state index in [1.54, 1.807) is 37.6 Å². The number of nitrogens with zero attached hydrogens (tertiary/aromatic N) is 2. The van der Waals surface area contributed by atoms with Gasteiger partial charge in [-0.2, -0.15) is 0 Å². The summed E-state index contributed by atoms with van der Waals surface area (Å²) in [5.41, 5.74) is 2.31. The second kappa shape index (κ2) is 9.30. The van der Waals surface area contributed by atoms with Crippen molar-refractivity contribution in [3.05, 3.63) is 60.3 Å². The molecule has 0 bridgehead atoms. The number of nitrogens with one attached hydrogen (secondary N) is 1. The van der Waals surface area contributed by atoms with Crippen LogP contribution >= 0.6 is 0 Å². The number of amides is 2. The van der Waals surface area contributed by atoms with E-state index in [1.165, 1.54) is 11.0 Å². The van der Waals surface area contributed by atoms with Crippen LogP contribution in [0.4, 0.5) is 10.5 Å². The minimum Gasteiger partial charge on any atom is -0.495 e. The molecule has 3 heterocycles. The highest BCUT2D eigenvalue weighted by Gasteiger charge is 2.33. The predicted octanol–water partition coefficient (Wildman–Crippen LogP) is 3.17.